The summed E-state index contributed by atoms with van der Waals surface area (Å²) in [6.07, 6.45) is 1.28. The topological polar surface area (TPSA) is 65.9 Å². The van der Waals surface area contributed by atoms with Crippen LogP contribution in [-0.2, 0) is 11.1 Å². The molecule has 0 saturated heterocycles. The van der Waals surface area contributed by atoms with E-state index in [0.29, 0.717) is 0 Å². The monoisotopic (exact) mass is 200 g/mol. The third kappa shape index (κ3) is 3.59. The number of halogens is 1. The van der Waals surface area contributed by atoms with Crippen LogP contribution in [0.5, 0.6) is 0 Å². The fraction of sp³-hybridized carbons (Fsp3) is 0. The van der Waals surface area contributed by atoms with Gasteiger partial charge in [0.2, 0.25) is 5.28 Å². The molecule has 0 aromatic carbocycles. The Labute approximate surface area is 93.0 Å². The van der Waals surface area contributed by atoms with E-state index >= 15 is 0 Å². The van der Waals surface area contributed by atoms with Crippen molar-refractivity contribution in [2.75, 3.05) is 0 Å². The van der Waals surface area contributed by atoms with Gasteiger partial charge in [0.05, 0.1) is 0 Å². The maximum atomic E-state index is 10.2. The van der Waals surface area contributed by atoms with Gasteiger partial charge >= 0.3 is 29.6 Å². The van der Waals surface area contributed by atoms with Crippen LogP contribution in [0.3, 0.4) is 0 Å². The van der Waals surface area contributed by atoms with Gasteiger partial charge in [0, 0.05) is 6.20 Å². The summed E-state index contributed by atoms with van der Waals surface area (Å²) in [6, 6.07) is 1.26. The molecule has 0 saturated carbocycles. The molecule has 1 rings (SSSR count). The van der Waals surface area contributed by atoms with Gasteiger partial charge in [0.15, 0.2) is 0 Å². The van der Waals surface area contributed by atoms with E-state index in [2.05, 4.69) is 9.97 Å². The molecular formula is C4H2ClN2NaO2S. The zero-order valence-electron chi connectivity index (χ0n) is 5.65. The fourth-order valence-electron chi connectivity index (χ4n) is 0.412. The van der Waals surface area contributed by atoms with Crippen molar-refractivity contribution in [1.29, 1.82) is 0 Å². The van der Waals surface area contributed by atoms with Gasteiger partial charge in [-0.25, -0.2) is 9.97 Å². The Kier molecular flexibility index (Phi) is 5.41. The van der Waals surface area contributed by atoms with Crippen molar-refractivity contribution < 1.29 is 38.3 Å². The number of aromatic nitrogens is 2. The molecule has 0 bridgehead atoms. The normalized spacial score (nSPS) is 11.8. The minimum absolute atomic E-state index is 0. The summed E-state index contributed by atoms with van der Waals surface area (Å²) < 4.78 is 20.4. The van der Waals surface area contributed by atoms with Crippen molar-refractivity contribution in [3.63, 3.8) is 0 Å². The van der Waals surface area contributed by atoms with Crippen LogP contribution in [-0.4, -0.2) is 18.7 Å². The molecule has 11 heavy (non-hydrogen) atoms. The Hall–Kier alpha value is 0.480. The number of hydrogen-bond donors (Lipinski definition) is 0. The summed E-state index contributed by atoms with van der Waals surface area (Å²) in [5, 5.41) is -0.165. The van der Waals surface area contributed by atoms with Crippen molar-refractivity contribution in [1.82, 2.24) is 9.97 Å². The molecule has 1 atom stereocenters. The van der Waals surface area contributed by atoms with Crippen molar-refractivity contribution in [3.8, 4) is 0 Å². The van der Waals surface area contributed by atoms with Gasteiger partial charge in [-0.2, -0.15) is 0 Å². The van der Waals surface area contributed by atoms with Crippen molar-refractivity contribution in [3.05, 3.63) is 17.5 Å². The first-order valence-electron chi connectivity index (χ1n) is 2.28. The summed E-state index contributed by atoms with van der Waals surface area (Å²) in [5.74, 6) is 0. The number of rotatable bonds is 1. The smallest absolute Gasteiger partial charge is 0.767 e. The molecule has 7 heteroatoms. The van der Waals surface area contributed by atoms with Gasteiger partial charge in [-0.1, -0.05) is 0 Å². The molecule has 1 aromatic rings. The maximum absolute atomic E-state index is 10.2. The second-order valence-corrected chi connectivity index (χ2v) is 2.62. The molecular weight excluding hydrogens is 199 g/mol. The second-order valence-electron chi connectivity index (χ2n) is 1.40. The molecule has 0 amide bonds. The van der Waals surface area contributed by atoms with Crippen molar-refractivity contribution >= 4 is 22.7 Å². The van der Waals surface area contributed by atoms with E-state index in [9.17, 15) is 8.76 Å². The van der Waals surface area contributed by atoms with Gasteiger partial charge in [0.25, 0.3) is 0 Å². The Balaban J connectivity index is 0.000001000. The molecule has 1 heterocycles. The first kappa shape index (κ1) is 11.5. The van der Waals surface area contributed by atoms with Crippen LogP contribution in [0.1, 0.15) is 0 Å². The summed E-state index contributed by atoms with van der Waals surface area (Å²) in [5.41, 5.74) is 0. The van der Waals surface area contributed by atoms with Gasteiger partial charge in [-0.15, -0.1) is 0 Å². The van der Waals surface area contributed by atoms with Crippen molar-refractivity contribution in [2.24, 2.45) is 0 Å². The molecule has 0 fully saturated rings. The van der Waals surface area contributed by atoms with Gasteiger partial charge in [-0.3, -0.25) is 4.21 Å². The van der Waals surface area contributed by atoms with Crippen LogP contribution in [0.15, 0.2) is 17.3 Å². The maximum Gasteiger partial charge on any atom is 1.00 e. The molecule has 0 radical (unpaired) electrons. The van der Waals surface area contributed by atoms with Gasteiger partial charge in [0.1, 0.15) is 5.03 Å². The minimum atomic E-state index is -2.32. The molecule has 0 N–H and O–H groups in total. The molecule has 0 spiro atoms. The first-order valence-corrected chi connectivity index (χ1v) is 3.73. The zero-order chi connectivity index (χ0) is 7.56. The summed E-state index contributed by atoms with van der Waals surface area (Å²) in [4.78, 5) is 6.92. The predicted octanol–water partition coefficient (Wildman–Crippen LogP) is -2.63. The third-order valence-corrected chi connectivity index (χ3v) is 1.52. The first-order chi connectivity index (χ1) is 4.70. The number of nitrogens with zero attached hydrogens (tertiary/aromatic N) is 2. The standard InChI is InChI=1S/C4H3ClN2O2S.Na/c5-4-6-2-1-3(7-4)10(8)9;/h1-2H,(H,8,9);/q;+1/p-1. The Morgan fingerprint density at radius 2 is 2.27 bits per heavy atom. The summed E-state index contributed by atoms with van der Waals surface area (Å²) in [7, 11) is 0. The van der Waals surface area contributed by atoms with Crippen molar-refractivity contribution in [2.45, 2.75) is 5.03 Å². The van der Waals surface area contributed by atoms with E-state index in [4.69, 9.17) is 11.6 Å². The number of hydrogen-bond acceptors (Lipinski definition) is 4. The van der Waals surface area contributed by atoms with E-state index in [1.54, 1.807) is 0 Å². The third-order valence-electron chi connectivity index (χ3n) is 0.771. The van der Waals surface area contributed by atoms with Crippen LogP contribution in [0, 0.1) is 0 Å². The molecule has 0 aliphatic rings. The summed E-state index contributed by atoms with van der Waals surface area (Å²) >= 11 is 2.97. The fourth-order valence-corrected chi connectivity index (χ4v) is 0.943. The summed E-state index contributed by atoms with van der Waals surface area (Å²) in [6.45, 7) is 0. The Bertz CT molecular complexity index is 272. The minimum Gasteiger partial charge on any atom is -0.767 e. The Morgan fingerprint density at radius 3 is 2.64 bits per heavy atom. The molecule has 1 unspecified atom stereocenters. The van der Waals surface area contributed by atoms with Crippen LogP contribution in [0.2, 0.25) is 5.28 Å². The SMILES string of the molecule is O=S([O-])c1ccnc(Cl)n1.[Na+]. The molecule has 1 aromatic heterocycles. The van der Waals surface area contributed by atoms with E-state index in [0.717, 1.165) is 0 Å². The van der Waals surface area contributed by atoms with Crippen LogP contribution >= 0.6 is 11.6 Å². The predicted molar refractivity (Wildman–Crippen MR) is 34.2 cm³/mol. The van der Waals surface area contributed by atoms with Crippen LogP contribution in [0.4, 0.5) is 0 Å². The van der Waals surface area contributed by atoms with Crippen LogP contribution in [0.25, 0.3) is 0 Å². The largest absolute Gasteiger partial charge is 1.00 e. The van der Waals surface area contributed by atoms with Gasteiger partial charge in [-0.05, 0) is 28.7 Å². The second kappa shape index (κ2) is 5.18. The van der Waals surface area contributed by atoms with Crippen LogP contribution < -0.4 is 29.6 Å². The molecule has 0 aliphatic carbocycles. The van der Waals surface area contributed by atoms with E-state index < -0.39 is 11.1 Å². The van der Waals surface area contributed by atoms with E-state index in [1.807, 2.05) is 0 Å². The molecule has 54 valence electrons. The zero-order valence-corrected chi connectivity index (χ0v) is 9.22. The van der Waals surface area contributed by atoms with Gasteiger partial charge < -0.3 is 4.55 Å². The Morgan fingerprint density at radius 1 is 1.64 bits per heavy atom. The quantitative estimate of drug-likeness (QED) is 0.215. The average Bonchev–Trinajstić information content (AvgIpc) is 1.88. The molecule has 4 nitrogen and oxygen atoms in total. The van der Waals surface area contributed by atoms with E-state index in [1.165, 1.54) is 12.3 Å². The average molecular weight is 201 g/mol. The molecule has 0 aliphatic heterocycles. The van der Waals surface area contributed by atoms with E-state index in [-0.39, 0.29) is 39.9 Å².